The summed E-state index contributed by atoms with van der Waals surface area (Å²) >= 11 is 5.84. The molecule has 3 atom stereocenters. The standard InChI is InChI=1S/C24H29ClN4O3/c1-16-6-2-5-9-21(16)29-13-12-18(15-29)32-24(31)27-20-8-4-3-7-19(20)23(30)28-22-11-10-17(25)14-26-22/h3-4,7-8,10-11,14,16,18,21H,2,5-6,9,12-13,15H2,1H3,(H,27,31)(H,26,28,30). The predicted molar refractivity (Wildman–Crippen MR) is 125 cm³/mol. The molecule has 170 valence electrons. The second-order valence-electron chi connectivity index (χ2n) is 8.63. The van der Waals surface area contributed by atoms with E-state index in [0.717, 1.165) is 19.5 Å². The first kappa shape index (κ1) is 22.6. The van der Waals surface area contributed by atoms with Gasteiger partial charge in [0, 0.05) is 25.3 Å². The molecule has 1 aliphatic carbocycles. The number of anilines is 2. The Hall–Kier alpha value is -2.64. The zero-order valence-electron chi connectivity index (χ0n) is 18.2. The van der Waals surface area contributed by atoms with Gasteiger partial charge in [-0.2, -0.15) is 0 Å². The smallest absolute Gasteiger partial charge is 0.411 e. The van der Waals surface area contributed by atoms with E-state index in [1.165, 1.54) is 31.9 Å². The van der Waals surface area contributed by atoms with E-state index in [1.807, 2.05) is 0 Å². The Labute approximate surface area is 193 Å². The minimum Gasteiger partial charge on any atom is -0.445 e. The zero-order valence-corrected chi connectivity index (χ0v) is 19.0. The maximum atomic E-state index is 12.7. The highest BCUT2D eigenvalue weighted by Gasteiger charge is 2.34. The molecule has 1 saturated carbocycles. The lowest BCUT2D eigenvalue weighted by atomic mass is 9.85. The Morgan fingerprint density at radius 1 is 1.09 bits per heavy atom. The van der Waals surface area contributed by atoms with Gasteiger partial charge in [0.05, 0.1) is 16.3 Å². The Morgan fingerprint density at radius 2 is 1.91 bits per heavy atom. The van der Waals surface area contributed by atoms with Crippen LogP contribution in [0.25, 0.3) is 0 Å². The van der Waals surface area contributed by atoms with Gasteiger partial charge in [0.2, 0.25) is 0 Å². The summed E-state index contributed by atoms with van der Waals surface area (Å²) in [5.74, 6) is 0.686. The van der Waals surface area contributed by atoms with Gasteiger partial charge in [-0.3, -0.25) is 15.0 Å². The van der Waals surface area contributed by atoms with Crippen molar-refractivity contribution in [2.24, 2.45) is 5.92 Å². The van der Waals surface area contributed by atoms with Crippen molar-refractivity contribution in [3.63, 3.8) is 0 Å². The quantitative estimate of drug-likeness (QED) is 0.646. The van der Waals surface area contributed by atoms with Crippen LogP contribution in [0, 0.1) is 5.92 Å². The lowest BCUT2D eigenvalue weighted by Gasteiger charge is -2.36. The fourth-order valence-corrected chi connectivity index (χ4v) is 4.82. The van der Waals surface area contributed by atoms with Gasteiger partial charge in [-0.1, -0.05) is 43.5 Å². The number of nitrogens with zero attached hydrogens (tertiary/aromatic N) is 2. The van der Waals surface area contributed by atoms with Gasteiger partial charge in [-0.05, 0) is 49.4 Å². The molecule has 0 radical (unpaired) electrons. The minimum absolute atomic E-state index is 0.136. The molecule has 0 bridgehead atoms. The summed E-state index contributed by atoms with van der Waals surface area (Å²) < 4.78 is 5.69. The molecule has 2 aromatic rings. The number of ether oxygens (including phenoxy) is 1. The van der Waals surface area contributed by atoms with Crippen molar-refractivity contribution in [3.05, 3.63) is 53.2 Å². The molecular formula is C24H29ClN4O3. The summed E-state index contributed by atoms with van der Waals surface area (Å²) in [7, 11) is 0. The molecule has 1 aromatic carbocycles. The van der Waals surface area contributed by atoms with Gasteiger partial charge >= 0.3 is 6.09 Å². The SMILES string of the molecule is CC1CCCCC1N1CCC(OC(=O)Nc2ccccc2C(=O)Nc2ccc(Cl)cn2)C1. The summed E-state index contributed by atoms with van der Waals surface area (Å²) in [4.78, 5) is 31.8. The number of rotatable bonds is 5. The topological polar surface area (TPSA) is 83.6 Å². The maximum absolute atomic E-state index is 12.7. The van der Waals surface area contributed by atoms with E-state index in [1.54, 1.807) is 36.4 Å². The van der Waals surface area contributed by atoms with Gasteiger partial charge in [0.25, 0.3) is 5.91 Å². The number of nitrogens with one attached hydrogen (secondary N) is 2. The summed E-state index contributed by atoms with van der Waals surface area (Å²) in [6.45, 7) is 4.05. The molecule has 8 heteroatoms. The molecule has 2 aliphatic rings. The number of aromatic nitrogens is 1. The second-order valence-corrected chi connectivity index (χ2v) is 9.06. The van der Waals surface area contributed by atoms with Crippen molar-refractivity contribution in [2.45, 2.75) is 51.2 Å². The second kappa shape index (κ2) is 10.3. The molecule has 1 aromatic heterocycles. The number of benzene rings is 1. The van der Waals surface area contributed by atoms with Crippen molar-refractivity contribution in [2.75, 3.05) is 23.7 Å². The highest BCUT2D eigenvalue weighted by Crippen LogP contribution is 2.31. The van der Waals surface area contributed by atoms with Crippen LogP contribution in [0.3, 0.4) is 0 Å². The number of carbonyl (C=O) groups is 2. The van der Waals surface area contributed by atoms with Crippen molar-refractivity contribution in [1.82, 2.24) is 9.88 Å². The number of hydrogen-bond acceptors (Lipinski definition) is 5. The average Bonchev–Trinajstić information content (AvgIpc) is 3.24. The van der Waals surface area contributed by atoms with Gasteiger partial charge < -0.3 is 10.1 Å². The number of hydrogen-bond donors (Lipinski definition) is 2. The number of likely N-dealkylation sites (tertiary alicyclic amines) is 1. The molecule has 2 fully saturated rings. The molecule has 7 nitrogen and oxygen atoms in total. The van der Waals surface area contributed by atoms with Crippen LogP contribution in [0.1, 0.15) is 49.4 Å². The lowest BCUT2D eigenvalue weighted by Crippen LogP contribution is -2.41. The Kier molecular flexibility index (Phi) is 7.27. The van der Waals surface area contributed by atoms with E-state index in [4.69, 9.17) is 16.3 Å². The predicted octanol–water partition coefficient (Wildman–Crippen LogP) is 5.19. The Bertz CT molecular complexity index is 953. The van der Waals surface area contributed by atoms with Crippen LogP contribution >= 0.6 is 11.6 Å². The third-order valence-electron chi connectivity index (χ3n) is 6.36. The van der Waals surface area contributed by atoms with Crippen LogP contribution in [0.4, 0.5) is 16.3 Å². The van der Waals surface area contributed by atoms with E-state index in [9.17, 15) is 9.59 Å². The highest BCUT2D eigenvalue weighted by molar-refractivity contribution is 6.30. The molecule has 1 aliphatic heterocycles. The number of para-hydroxylation sites is 1. The Morgan fingerprint density at radius 3 is 2.69 bits per heavy atom. The third kappa shape index (κ3) is 5.58. The zero-order chi connectivity index (χ0) is 22.5. The van der Waals surface area contributed by atoms with E-state index in [-0.39, 0.29) is 12.0 Å². The highest BCUT2D eigenvalue weighted by atomic mass is 35.5. The van der Waals surface area contributed by atoms with Crippen molar-refractivity contribution >= 4 is 35.1 Å². The third-order valence-corrected chi connectivity index (χ3v) is 6.59. The van der Waals surface area contributed by atoms with Gasteiger partial charge in [0.15, 0.2) is 0 Å². The minimum atomic E-state index is -0.543. The van der Waals surface area contributed by atoms with E-state index in [2.05, 4.69) is 27.4 Å². The first-order valence-corrected chi connectivity index (χ1v) is 11.6. The van der Waals surface area contributed by atoms with Crippen LogP contribution in [0.15, 0.2) is 42.6 Å². The van der Waals surface area contributed by atoms with Crippen LogP contribution in [-0.4, -0.2) is 47.1 Å². The van der Waals surface area contributed by atoms with Gasteiger partial charge in [-0.25, -0.2) is 9.78 Å². The van der Waals surface area contributed by atoms with Gasteiger partial charge in [0.1, 0.15) is 11.9 Å². The Balaban J connectivity index is 1.34. The number of carbonyl (C=O) groups excluding carboxylic acids is 2. The molecule has 2 N–H and O–H groups in total. The van der Waals surface area contributed by atoms with Crippen LogP contribution in [-0.2, 0) is 4.74 Å². The summed E-state index contributed by atoms with van der Waals surface area (Å²) in [6.07, 6.45) is 6.71. The summed E-state index contributed by atoms with van der Waals surface area (Å²) in [5, 5.41) is 5.93. The average molecular weight is 457 g/mol. The lowest BCUT2D eigenvalue weighted by molar-refractivity contribution is 0.0921. The first-order chi connectivity index (χ1) is 15.5. The largest absolute Gasteiger partial charge is 0.445 e. The molecule has 2 amide bonds. The van der Waals surface area contributed by atoms with E-state index < -0.39 is 6.09 Å². The van der Waals surface area contributed by atoms with Crippen LogP contribution in [0.2, 0.25) is 5.02 Å². The summed E-state index contributed by atoms with van der Waals surface area (Å²) in [5.41, 5.74) is 0.713. The molecule has 3 unspecified atom stereocenters. The van der Waals surface area contributed by atoms with E-state index in [0.29, 0.717) is 34.1 Å². The van der Waals surface area contributed by atoms with Crippen LogP contribution in [0.5, 0.6) is 0 Å². The fourth-order valence-electron chi connectivity index (χ4n) is 4.70. The number of amides is 2. The molecule has 4 rings (SSSR count). The number of halogens is 1. The van der Waals surface area contributed by atoms with Crippen molar-refractivity contribution in [1.29, 1.82) is 0 Å². The van der Waals surface area contributed by atoms with Crippen LogP contribution < -0.4 is 10.6 Å². The van der Waals surface area contributed by atoms with E-state index >= 15 is 0 Å². The monoisotopic (exact) mass is 456 g/mol. The molecule has 32 heavy (non-hydrogen) atoms. The molecular weight excluding hydrogens is 428 g/mol. The normalized spacial score (nSPS) is 23.5. The summed E-state index contributed by atoms with van der Waals surface area (Å²) in [6, 6.07) is 10.7. The maximum Gasteiger partial charge on any atom is 0.411 e. The number of pyridine rings is 1. The van der Waals surface area contributed by atoms with Gasteiger partial charge in [-0.15, -0.1) is 0 Å². The molecule has 1 saturated heterocycles. The molecule has 2 heterocycles. The first-order valence-electron chi connectivity index (χ1n) is 11.2. The molecule has 0 spiro atoms. The van der Waals surface area contributed by atoms with Crippen molar-refractivity contribution in [3.8, 4) is 0 Å². The fraction of sp³-hybridized carbons (Fsp3) is 0.458. The van der Waals surface area contributed by atoms with Crippen molar-refractivity contribution < 1.29 is 14.3 Å².